The molecule has 1 heterocycles. The molecule has 0 spiro atoms. The highest BCUT2D eigenvalue weighted by Crippen LogP contribution is 2.05. The van der Waals surface area contributed by atoms with Gasteiger partial charge in [-0.15, -0.1) is 0 Å². The van der Waals surface area contributed by atoms with Gasteiger partial charge in [0.2, 0.25) is 5.91 Å². The largest absolute Gasteiger partial charge is 0.384 e. The van der Waals surface area contributed by atoms with Crippen LogP contribution in [0.15, 0.2) is 18.3 Å². The lowest BCUT2D eigenvalue weighted by Crippen LogP contribution is -2.39. The number of nitrogens with two attached hydrogens (primary N) is 1. The molecule has 0 unspecified atom stereocenters. The Kier molecular flexibility index (Phi) is 6.92. The molecule has 1 aromatic heterocycles. The van der Waals surface area contributed by atoms with Crippen LogP contribution in [-0.4, -0.2) is 46.5 Å². The van der Waals surface area contributed by atoms with Crippen LogP contribution in [0.25, 0.3) is 0 Å². The monoisotopic (exact) mass is 289 g/mol. The zero-order valence-electron chi connectivity index (χ0n) is 12.0. The van der Waals surface area contributed by atoms with Gasteiger partial charge in [-0.3, -0.25) is 9.59 Å². The lowest BCUT2D eigenvalue weighted by atomic mass is 10.2. The van der Waals surface area contributed by atoms with Crippen molar-refractivity contribution < 1.29 is 14.7 Å². The Labute approximate surface area is 124 Å². The highest BCUT2D eigenvalue weighted by atomic mass is 16.2. The number of carbonyl (C=O) groups excluding carboxylic acids is 2. The second kappa shape index (κ2) is 8.72. The van der Waals surface area contributed by atoms with E-state index < -0.39 is 5.91 Å². The minimum Gasteiger partial charge on any atom is -0.384 e. The third-order valence-corrected chi connectivity index (χ3v) is 2.71. The molecule has 0 bridgehead atoms. The van der Waals surface area contributed by atoms with Gasteiger partial charge in [-0.05, 0) is 18.6 Å². The number of hydrogen-bond acceptors (Lipinski definition) is 4. The molecule has 0 atom stereocenters. The lowest BCUT2D eigenvalue weighted by Gasteiger charge is -2.20. The standard InChI is InChI=1S/C15H19N3O3/c1-2-3-8-18(11-14(16)20)15(21)13-7-6-12(10-17-13)5-4-9-19/h6-7,10,19H,2-3,8-9,11H2,1H3,(H2,16,20). The molecule has 3 N–H and O–H groups in total. The Morgan fingerprint density at radius 1 is 1.43 bits per heavy atom. The molecule has 21 heavy (non-hydrogen) atoms. The van der Waals surface area contributed by atoms with Gasteiger partial charge in [0.15, 0.2) is 0 Å². The molecule has 2 amide bonds. The van der Waals surface area contributed by atoms with Crippen LogP contribution >= 0.6 is 0 Å². The normalized spacial score (nSPS) is 9.62. The summed E-state index contributed by atoms with van der Waals surface area (Å²) in [6.45, 7) is 2.11. The summed E-state index contributed by atoms with van der Waals surface area (Å²) in [4.78, 5) is 28.8. The van der Waals surface area contributed by atoms with Crippen molar-refractivity contribution in [2.24, 2.45) is 5.73 Å². The maximum absolute atomic E-state index is 12.3. The number of primary amides is 1. The van der Waals surface area contributed by atoms with E-state index in [0.29, 0.717) is 12.1 Å². The van der Waals surface area contributed by atoms with Gasteiger partial charge >= 0.3 is 0 Å². The average molecular weight is 289 g/mol. The lowest BCUT2D eigenvalue weighted by molar-refractivity contribution is -0.118. The number of rotatable bonds is 6. The molecule has 0 saturated carbocycles. The van der Waals surface area contributed by atoms with E-state index in [1.165, 1.54) is 11.1 Å². The van der Waals surface area contributed by atoms with E-state index in [1.54, 1.807) is 12.1 Å². The van der Waals surface area contributed by atoms with Gasteiger partial charge in [0.05, 0.1) is 6.54 Å². The fraction of sp³-hybridized carbons (Fsp3) is 0.400. The highest BCUT2D eigenvalue weighted by Gasteiger charge is 2.18. The van der Waals surface area contributed by atoms with Crippen LogP contribution in [-0.2, 0) is 4.79 Å². The Bertz CT molecular complexity index is 544. The van der Waals surface area contributed by atoms with Gasteiger partial charge < -0.3 is 15.7 Å². The predicted molar refractivity (Wildman–Crippen MR) is 78.2 cm³/mol. The van der Waals surface area contributed by atoms with Gasteiger partial charge in [-0.25, -0.2) is 4.98 Å². The van der Waals surface area contributed by atoms with Crippen LogP contribution in [0, 0.1) is 11.8 Å². The summed E-state index contributed by atoms with van der Waals surface area (Å²) in [6, 6.07) is 3.19. The number of aromatic nitrogens is 1. The maximum Gasteiger partial charge on any atom is 0.272 e. The SMILES string of the molecule is CCCCN(CC(N)=O)C(=O)c1ccc(C#CCO)cn1. The first-order chi connectivity index (χ1) is 10.1. The summed E-state index contributed by atoms with van der Waals surface area (Å²) < 4.78 is 0. The smallest absolute Gasteiger partial charge is 0.272 e. The molecule has 0 fully saturated rings. The molecular weight excluding hydrogens is 270 g/mol. The van der Waals surface area contributed by atoms with Crippen molar-refractivity contribution in [3.63, 3.8) is 0 Å². The third-order valence-electron chi connectivity index (χ3n) is 2.71. The predicted octanol–water partition coefficient (Wildman–Crippen LogP) is 0.153. The molecule has 1 rings (SSSR count). The van der Waals surface area contributed by atoms with Crippen molar-refractivity contribution >= 4 is 11.8 Å². The molecule has 6 nitrogen and oxygen atoms in total. The summed E-state index contributed by atoms with van der Waals surface area (Å²) in [5, 5.41) is 8.61. The van der Waals surface area contributed by atoms with Gasteiger partial charge in [-0.1, -0.05) is 25.2 Å². The molecule has 6 heteroatoms. The van der Waals surface area contributed by atoms with E-state index in [2.05, 4.69) is 16.8 Å². The Morgan fingerprint density at radius 2 is 2.19 bits per heavy atom. The first-order valence-electron chi connectivity index (χ1n) is 6.71. The molecule has 0 radical (unpaired) electrons. The van der Waals surface area contributed by atoms with Crippen molar-refractivity contribution in [2.75, 3.05) is 19.7 Å². The highest BCUT2D eigenvalue weighted by molar-refractivity contribution is 5.94. The average Bonchev–Trinajstić information content (AvgIpc) is 2.49. The van der Waals surface area contributed by atoms with Crippen molar-refractivity contribution in [1.29, 1.82) is 0 Å². The topological polar surface area (TPSA) is 96.5 Å². The van der Waals surface area contributed by atoms with E-state index in [1.807, 2.05) is 6.92 Å². The molecule has 0 saturated heterocycles. The van der Waals surface area contributed by atoms with E-state index in [4.69, 9.17) is 10.8 Å². The fourth-order valence-electron chi connectivity index (χ4n) is 1.69. The van der Waals surface area contributed by atoms with Crippen LogP contribution in [0.4, 0.5) is 0 Å². The van der Waals surface area contributed by atoms with E-state index in [-0.39, 0.29) is 24.8 Å². The molecular formula is C15H19N3O3. The van der Waals surface area contributed by atoms with Crippen LogP contribution in [0.2, 0.25) is 0 Å². The van der Waals surface area contributed by atoms with Crippen LogP contribution in [0.3, 0.4) is 0 Å². The van der Waals surface area contributed by atoms with E-state index in [0.717, 1.165) is 12.8 Å². The minimum atomic E-state index is -0.551. The summed E-state index contributed by atoms with van der Waals surface area (Å²) in [6.07, 6.45) is 3.16. The van der Waals surface area contributed by atoms with Gasteiger partial charge in [-0.2, -0.15) is 0 Å². The number of aliphatic hydroxyl groups excluding tert-OH is 1. The van der Waals surface area contributed by atoms with E-state index in [9.17, 15) is 9.59 Å². The van der Waals surface area contributed by atoms with Gasteiger partial charge in [0.1, 0.15) is 12.3 Å². The number of hydrogen-bond donors (Lipinski definition) is 2. The Hall–Kier alpha value is -2.39. The number of nitrogens with zero attached hydrogens (tertiary/aromatic N) is 2. The minimum absolute atomic E-state index is 0.118. The van der Waals surface area contributed by atoms with E-state index >= 15 is 0 Å². The van der Waals surface area contributed by atoms with Crippen LogP contribution < -0.4 is 5.73 Å². The van der Waals surface area contributed by atoms with Crippen LogP contribution in [0.1, 0.15) is 35.8 Å². The molecule has 112 valence electrons. The molecule has 0 aromatic carbocycles. The van der Waals surface area contributed by atoms with Gasteiger partial charge in [0.25, 0.3) is 5.91 Å². The first-order valence-corrected chi connectivity index (χ1v) is 6.71. The first kappa shape index (κ1) is 16.7. The van der Waals surface area contributed by atoms with Crippen molar-refractivity contribution in [1.82, 2.24) is 9.88 Å². The summed E-state index contributed by atoms with van der Waals surface area (Å²) >= 11 is 0. The number of unbranched alkanes of at least 4 members (excludes halogenated alkanes) is 1. The van der Waals surface area contributed by atoms with Crippen molar-refractivity contribution in [3.8, 4) is 11.8 Å². The van der Waals surface area contributed by atoms with Crippen molar-refractivity contribution in [2.45, 2.75) is 19.8 Å². The Balaban J connectivity index is 2.84. The number of carbonyl (C=O) groups is 2. The number of amides is 2. The fourth-order valence-corrected chi connectivity index (χ4v) is 1.69. The number of pyridine rings is 1. The number of aliphatic hydroxyl groups is 1. The third kappa shape index (κ3) is 5.63. The zero-order chi connectivity index (χ0) is 15.7. The Morgan fingerprint density at radius 3 is 2.71 bits per heavy atom. The summed E-state index contributed by atoms with van der Waals surface area (Å²) in [5.74, 6) is 4.31. The summed E-state index contributed by atoms with van der Waals surface area (Å²) in [7, 11) is 0. The second-order valence-corrected chi connectivity index (χ2v) is 4.44. The maximum atomic E-state index is 12.3. The van der Waals surface area contributed by atoms with Gasteiger partial charge in [0, 0.05) is 18.3 Å². The summed E-state index contributed by atoms with van der Waals surface area (Å²) in [5.41, 5.74) is 6.01. The van der Waals surface area contributed by atoms with Crippen LogP contribution in [0.5, 0.6) is 0 Å². The molecule has 0 aliphatic heterocycles. The van der Waals surface area contributed by atoms with Crippen molar-refractivity contribution in [3.05, 3.63) is 29.6 Å². The zero-order valence-corrected chi connectivity index (χ0v) is 12.0. The molecule has 0 aliphatic carbocycles. The quantitative estimate of drug-likeness (QED) is 0.729. The molecule has 1 aromatic rings. The second-order valence-electron chi connectivity index (χ2n) is 4.44. The molecule has 0 aliphatic rings.